The molecule has 90 valence electrons. The van der Waals surface area contributed by atoms with Crippen molar-refractivity contribution in [1.29, 1.82) is 0 Å². The summed E-state index contributed by atoms with van der Waals surface area (Å²) in [4.78, 5) is 0. The second-order valence-corrected chi connectivity index (χ2v) is 4.26. The van der Waals surface area contributed by atoms with Crippen LogP contribution in [0.15, 0.2) is 0 Å². The van der Waals surface area contributed by atoms with E-state index >= 15 is 0 Å². The van der Waals surface area contributed by atoms with E-state index in [1.165, 1.54) is 12.8 Å². The van der Waals surface area contributed by atoms with Gasteiger partial charge in [0.1, 0.15) is 0 Å². The molecule has 1 aliphatic heterocycles. The molecule has 0 radical (unpaired) electrons. The van der Waals surface area contributed by atoms with Gasteiger partial charge in [-0.05, 0) is 33.2 Å². The molecule has 0 aromatic rings. The van der Waals surface area contributed by atoms with Crippen molar-refractivity contribution in [2.75, 3.05) is 26.4 Å². The van der Waals surface area contributed by atoms with Crippen molar-refractivity contribution in [3.63, 3.8) is 0 Å². The van der Waals surface area contributed by atoms with Crippen LogP contribution in [0.1, 0.15) is 33.6 Å². The molecule has 0 saturated carbocycles. The van der Waals surface area contributed by atoms with Crippen LogP contribution in [-0.2, 0) is 9.47 Å². The Balaban J connectivity index is 2.42. The Hall–Kier alpha value is -0.120. The molecule has 1 saturated heterocycles. The Morgan fingerprint density at radius 3 is 2.80 bits per heavy atom. The van der Waals surface area contributed by atoms with E-state index in [0.717, 1.165) is 26.4 Å². The summed E-state index contributed by atoms with van der Waals surface area (Å²) in [6.45, 7) is 10.1. The Morgan fingerprint density at radius 1 is 1.47 bits per heavy atom. The highest BCUT2D eigenvalue weighted by Gasteiger charge is 2.29. The molecule has 0 spiro atoms. The Kier molecular flexibility index (Phi) is 6.22. The average Bonchev–Trinajstić information content (AvgIpc) is 2.72. The zero-order chi connectivity index (χ0) is 11.1. The maximum absolute atomic E-state index is 5.70. The van der Waals surface area contributed by atoms with Gasteiger partial charge in [-0.25, -0.2) is 0 Å². The average molecular weight is 215 g/mol. The van der Waals surface area contributed by atoms with Crippen molar-refractivity contribution in [2.45, 2.75) is 45.8 Å². The number of nitrogens with one attached hydrogen (secondary N) is 1. The van der Waals surface area contributed by atoms with Gasteiger partial charge in [0, 0.05) is 25.2 Å². The fourth-order valence-corrected chi connectivity index (χ4v) is 2.23. The van der Waals surface area contributed by atoms with Crippen molar-refractivity contribution in [3.05, 3.63) is 0 Å². The van der Waals surface area contributed by atoms with Gasteiger partial charge in [-0.1, -0.05) is 6.92 Å². The molecule has 0 aromatic heterocycles. The van der Waals surface area contributed by atoms with Crippen molar-refractivity contribution in [3.8, 4) is 0 Å². The third-order valence-corrected chi connectivity index (χ3v) is 3.04. The molecular weight excluding hydrogens is 190 g/mol. The van der Waals surface area contributed by atoms with E-state index in [9.17, 15) is 0 Å². The second-order valence-electron chi connectivity index (χ2n) is 4.26. The van der Waals surface area contributed by atoms with Crippen molar-refractivity contribution in [1.82, 2.24) is 5.32 Å². The zero-order valence-corrected chi connectivity index (χ0v) is 10.3. The maximum Gasteiger partial charge on any atom is 0.0703 e. The van der Waals surface area contributed by atoms with Gasteiger partial charge >= 0.3 is 0 Å². The summed E-state index contributed by atoms with van der Waals surface area (Å²) < 4.78 is 11.1. The number of hydrogen-bond donors (Lipinski definition) is 1. The van der Waals surface area contributed by atoms with E-state index in [0.29, 0.717) is 12.0 Å². The molecule has 0 bridgehead atoms. The Bertz CT molecular complexity index is 158. The first-order valence-electron chi connectivity index (χ1n) is 6.22. The summed E-state index contributed by atoms with van der Waals surface area (Å²) in [6.07, 6.45) is 2.62. The molecule has 3 heteroatoms. The molecule has 0 aromatic carbocycles. The molecule has 1 fully saturated rings. The van der Waals surface area contributed by atoms with Gasteiger partial charge in [-0.15, -0.1) is 0 Å². The SMILES string of the molecule is CCCNC(C1CCOC1)C(C)OCC. The largest absolute Gasteiger partial charge is 0.381 e. The van der Waals surface area contributed by atoms with Gasteiger partial charge in [0.05, 0.1) is 12.7 Å². The lowest BCUT2D eigenvalue weighted by molar-refractivity contribution is 0.0276. The summed E-state index contributed by atoms with van der Waals surface area (Å²) in [7, 11) is 0. The van der Waals surface area contributed by atoms with Gasteiger partial charge < -0.3 is 14.8 Å². The predicted octanol–water partition coefficient (Wildman–Crippen LogP) is 1.82. The maximum atomic E-state index is 5.70. The highest BCUT2D eigenvalue weighted by molar-refractivity contribution is 4.84. The molecule has 0 amide bonds. The summed E-state index contributed by atoms with van der Waals surface area (Å²) >= 11 is 0. The number of ether oxygens (including phenoxy) is 2. The molecule has 3 nitrogen and oxygen atoms in total. The highest BCUT2D eigenvalue weighted by atomic mass is 16.5. The molecule has 0 aliphatic carbocycles. The van der Waals surface area contributed by atoms with Gasteiger partial charge in [0.15, 0.2) is 0 Å². The smallest absolute Gasteiger partial charge is 0.0703 e. The summed E-state index contributed by atoms with van der Waals surface area (Å²) in [5.41, 5.74) is 0. The van der Waals surface area contributed by atoms with Gasteiger partial charge in [-0.2, -0.15) is 0 Å². The van der Waals surface area contributed by atoms with Gasteiger partial charge in [-0.3, -0.25) is 0 Å². The third kappa shape index (κ3) is 4.09. The van der Waals surface area contributed by atoms with E-state index in [1.807, 2.05) is 0 Å². The topological polar surface area (TPSA) is 30.5 Å². The number of hydrogen-bond acceptors (Lipinski definition) is 3. The van der Waals surface area contributed by atoms with E-state index in [4.69, 9.17) is 9.47 Å². The summed E-state index contributed by atoms with van der Waals surface area (Å²) in [5.74, 6) is 0.623. The first-order valence-corrected chi connectivity index (χ1v) is 6.22. The molecular formula is C12H25NO2. The molecule has 3 atom stereocenters. The Labute approximate surface area is 93.5 Å². The summed E-state index contributed by atoms with van der Waals surface area (Å²) in [6, 6.07) is 0.451. The molecule has 1 heterocycles. The van der Waals surface area contributed by atoms with Crippen LogP contribution in [0.4, 0.5) is 0 Å². The minimum Gasteiger partial charge on any atom is -0.381 e. The van der Waals surface area contributed by atoms with Crippen LogP contribution in [0.2, 0.25) is 0 Å². The monoisotopic (exact) mass is 215 g/mol. The normalized spacial score (nSPS) is 25.4. The lowest BCUT2D eigenvalue weighted by Crippen LogP contribution is -2.46. The molecule has 1 N–H and O–H groups in total. The van der Waals surface area contributed by atoms with Gasteiger partial charge in [0.25, 0.3) is 0 Å². The quantitative estimate of drug-likeness (QED) is 0.702. The van der Waals surface area contributed by atoms with Crippen molar-refractivity contribution < 1.29 is 9.47 Å². The van der Waals surface area contributed by atoms with Crippen molar-refractivity contribution in [2.24, 2.45) is 5.92 Å². The third-order valence-electron chi connectivity index (χ3n) is 3.04. The van der Waals surface area contributed by atoms with Crippen LogP contribution >= 0.6 is 0 Å². The molecule has 1 aliphatic rings. The zero-order valence-electron chi connectivity index (χ0n) is 10.3. The lowest BCUT2D eigenvalue weighted by atomic mass is 9.94. The highest BCUT2D eigenvalue weighted by Crippen LogP contribution is 2.20. The lowest BCUT2D eigenvalue weighted by Gasteiger charge is -2.29. The van der Waals surface area contributed by atoms with Crippen LogP contribution < -0.4 is 5.32 Å². The van der Waals surface area contributed by atoms with Crippen molar-refractivity contribution >= 4 is 0 Å². The predicted molar refractivity (Wildman–Crippen MR) is 62.1 cm³/mol. The van der Waals surface area contributed by atoms with E-state index in [-0.39, 0.29) is 6.10 Å². The molecule has 1 rings (SSSR count). The van der Waals surface area contributed by atoms with Crippen LogP contribution in [0.25, 0.3) is 0 Å². The number of rotatable bonds is 7. The summed E-state index contributed by atoms with van der Waals surface area (Å²) in [5, 5.41) is 3.59. The van der Waals surface area contributed by atoms with E-state index in [1.54, 1.807) is 0 Å². The first-order chi connectivity index (χ1) is 7.29. The fraction of sp³-hybridized carbons (Fsp3) is 1.00. The minimum atomic E-state index is 0.285. The van der Waals surface area contributed by atoms with Crippen LogP contribution in [0.5, 0.6) is 0 Å². The van der Waals surface area contributed by atoms with Crippen LogP contribution in [0, 0.1) is 5.92 Å². The standard InChI is InChI=1S/C12H25NO2/c1-4-7-13-12(10(3)15-5-2)11-6-8-14-9-11/h10-13H,4-9H2,1-3H3. The minimum absolute atomic E-state index is 0.285. The van der Waals surface area contributed by atoms with Gasteiger partial charge in [0.2, 0.25) is 0 Å². The first kappa shape index (κ1) is 12.9. The molecule has 3 unspecified atom stereocenters. The second kappa shape index (κ2) is 7.20. The fourth-order valence-electron chi connectivity index (χ4n) is 2.23. The molecule has 15 heavy (non-hydrogen) atoms. The van der Waals surface area contributed by atoms with E-state index in [2.05, 4.69) is 26.1 Å². The van der Waals surface area contributed by atoms with Crippen LogP contribution in [-0.4, -0.2) is 38.5 Å². The Morgan fingerprint density at radius 2 is 2.27 bits per heavy atom. The van der Waals surface area contributed by atoms with E-state index < -0.39 is 0 Å². The van der Waals surface area contributed by atoms with Crippen LogP contribution in [0.3, 0.4) is 0 Å².